The second kappa shape index (κ2) is 4.69. The van der Waals surface area contributed by atoms with Crippen LogP contribution in [0.25, 0.3) is 0 Å². The molecule has 17 heavy (non-hydrogen) atoms. The van der Waals surface area contributed by atoms with Crippen molar-refractivity contribution in [1.29, 1.82) is 0 Å². The summed E-state index contributed by atoms with van der Waals surface area (Å²) in [5.74, 6) is 1.62. The van der Waals surface area contributed by atoms with Gasteiger partial charge in [0.1, 0.15) is 12.4 Å². The van der Waals surface area contributed by atoms with Crippen LogP contribution in [0.2, 0.25) is 0 Å². The van der Waals surface area contributed by atoms with Crippen LogP contribution in [0.3, 0.4) is 0 Å². The fraction of sp³-hybridized carbons (Fsp3) is 0.600. The van der Waals surface area contributed by atoms with Gasteiger partial charge in [0, 0.05) is 6.04 Å². The van der Waals surface area contributed by atoms with Crippen LogP contribution in [0.1, 0.15) is 39.2 Å². The highest BCUT2D eigenvalue weighted by atomic mass is 16.5. The summed E-state index contributed by atoms with van der Waals surface area (Å²) >= 11 is 0. The van der Waals surface area contributed by atoms with Gasteiger partial charge in [0.15, 0.2) is 0 Å². The second-order valence-corrected chi connectivity index (χ2v) is 6.09. The van der Waals surface area contributed by atoms with Crippen LogP contribution < -0.4 is 10.5 Å². The molecule has 94 valence electrons. The van der Waals surface area contributed by atoms with Crippen molar-refractivity contribution in [1.82, 2.24) is 0 Å². The minimum atomic E-state index is 0.197. The van der Waals surface area contributed by atoms with Crippen LogP contribution in [-0.2, 0) is 5.41 Å². The quantitative estimate of drug-likeness (QED) is 0.867. The number of hydrogen-bond donors (Lipinski definition) is 1. The molecule has 2 nitrogen and oxygen atoms in total. The first-order chi connectivity index (χ1) is 7.97. The van der Waals surface area contributed by atoms with Gasteiger partial charge in [-0.05, 0) is 41.9 Å². The van der Waals surface area contributed by atoms with Crippen molar-refractivity contribution in [3.63, 3.8) is 0 Å². The van der Waals surface area contributed by atoms with E-state index in [0.717, 1.165) is 5.75 Å². The average Bonchev–Trinajstić information content (AvgIpc) is 3.09. The number of rotatable bonds is 4. The molecule has 1 aromatic rings. The lowest BCUT2D eigenvalue weighted by Crippen LogP contribution is -2.29. The maximum absolute atomic E-state index is 6.00. The van der Waals surface area contributed by atoms with Crippen LogP contribution in [-0.4, -0.2) is 12.6 Å². The number of ether oxygens (including phenoxy) is 1. The Kier molecular flexibility index (Phi) is 3.43. The molecule has 0 radical (unpaired) electrons. The summed E-state index contributed by atoms with van der Waals surface area (Å²) in [6.07, 6.45) is 2.54. The molecule has 0 amide bonds. The Labute approximate surface area is 104 Å². The Morgan fingerprint density at radius 1 is 1.24 bits per heavy atom. The summed E-state index contributed by atoms with van der Waals surface area (Å²) < 4.78 is 5.71. The van der Waals surface area contributed by atoms with Crippen molar-refractivity contribution in [2.75, 3.05) is 6.61 Å². The van der Waals surface area contributed by atoms with E-state index in [2.05, 4.69) is 32.9 Å². The van der Waals surface area contributed by atoms with Crippen molar-refractivity contribution in [3.05, 3.63) is 29.8 Å². The van der Waals surface area contributed by atoms with Gasteiger partial charge in [-0.1, -0.05) is 32.9 Å². The van der Waals surface area contributed by atoms with Gasteiger partial charge in [-0.3, -0.25) is 0 Å². The molecule has 0 heterocycles. The van der Waals surface area contributed by atoms with Crippen LogP contribution in [0.5, 0.6) is 5.75 Å². The third-order valence-electron chi connectivity index (χ3n) is 3.39. The van der Waals surface area contributed by atoms with E-state index in [0.29, 0.717) is 12.5 Å². The van der Waals surface area contributed by atoms with Gasteiger partial charge in [-0.25, -0.2) is 0 Å². The first-order valence-electron chi connectivity index (χ1n) is 6.46. The van der Waals surface area contributed by atoms with E-state index in [-0.39, 0.29) is 11.5 Å². The Hall–Kier alpha value is -1.02. The molecular weight excluding hydrogens is 210 g/mol. The predicted octanol–water partition coefficient (Wildman–Crippen LogP) is 3.10. The van der Waals surface area contributed by atoms with E-state index in [1.807, 2.05) is 12.1 Å². The zero-order chi connectivity index (χ0) is 12.5. The van der Waals surface area contributed by atoms with Crippen LogP contribution in [0, 0.1) is 5.92 Å². The molecular formula is C15H23NO. The molecule has 0 aromatic heterocycles. The van der Waals surface area contributed by atoms with Gasteiger partial charge in [0.2, 0.25) is 0 Å². The summed E-state index contributed by atoms with van der Waals surface area (Å²) in [7, 11) is 0. The number of benzene rings is 1. The normalized spacial score (nSPS) is 17.9. The third-order valence-corrected chi connectivity index (χ3v) is 3.39. The molecule has 1 atom stereocenters. The van der Waals surface area contributed by atoms with Gasteiger partial charge < -0.3 is 10.5 Å². The minimum Gasteiger partial charge on any atom is -0.492 e. The van der Waals surface area contributed by atoms with Gasteiger partial charge in [0.05, 0.1) is 0 Å². The van der Waals surface area contributed by atoms with Gasteiger partial charge in [-0.2, -0.15) is 0 Å². The monoisotopic (exact) mass is 233 g/mol. The molecule has 2 N–H and O–H groups in total. The second-order valence-electron chi connectivity index (χ2n) is 6.09. The minimum absolute atomic E-state index is 0.197. The molecule has 1 aromatic carbocycles. The molecule has 1 fully saturated rings. The molecule has 0 saturated heterocycles. The molecule has 0 spiro atoms. The zero-order valence-corrected chi connectivity index (χ0v) is 11.1. The zero-order valence-electron chi connectivity index (χ0n) is 11.1. The Balaban J connectivity index is 1.89. The van der Waals surface area contributed by atoms with E-state index in [1.54, 1.807) is 0 Å². The molecule has 1 aliphatic rings. The highest BCUT2D eigenvalue weighted by Gasteiger charge is 2.28. The summed E-state index contributed by atoms with van der Waals surface area (Å²) in [6.45, 7) is 7.28. The van der Waals surface area contributed by atoms with Crippen molar-refractivity contribution < 1.29 is 4.74 Å². The fourth-order valence-corrected chi connectivity index (χ4v) is 1.90. The van der Waals surface area contributed by atoms with E-state index in [9.17, 15) is 0 Å². The number of nitrogens with two attached hydrogens (primary N) is 1. The molecule has 0 unspecified atom stereocenters. The molecule has 1 saturated carbocycles. The van der Waals surface area contributed by atoms with Gasteiger partial charge >= 0.3 is 0 Å². The molecule has 2 rings (SSSR count). The van der Waals surface area contributed by atoms with Crippen LogP contribution >= 0.6 is 0 Å². The fourth-order valence-electron chi connectivity index (χ4n) is 1.90. The molecule has 1 aliphatic carbocycles. The van der Waals surface area contributed by atoms with Gasteiger partial charge in [-0.15, -0.1) is 0 Å². The highest BCUT2D eigenvalue weighted by Crippen LogP contribution is 2.32. The maximum atomic E-state index is 6.00. The highest BCUT2D eigenvalue weighted by molar-refractivity contribution is 5.31. The maximum Gasteiger partial charge on any atom is 0.119 e. The lowest BCUT2D eigenvalue weighted by Gasteiger charge is -2.19. The van der Waals surface area contributed by atoms with E-state index in [1.165, 1.54) is 18.4 Å². The third kappa shape index (κ3) is 3.47. The Morgan fingerprint density at radius 2 is 1.82 bits per heavy atom. The van der Waals surface area contributed by atoms with Crippen molar-refractivity contribution >= 4 is 0 Å². The van der Waals surface area contributed by atoms with Crippen molar-refractivity contribution in [3.8, 4) is 5.75 Å². The molecule has 0 aliphatic heterocycles. The summed E-state index contributed by atoms with van der Waals surface area (Å²) in [5.41, 5.74) is 7.53. The van der Waals surface area contributed by atoms with E-state index >= 15 is 0 Å². The Bertz CT molecular complexity index is 360. The molecule has 0 bridgehead atoms. The van der Waals surface area contributed by atoms with Gasteiger partial charge in [0.25, 0.3) is 0 Å². The largest absolute Gasteiger partial charge is 0.492 e. The van der Waals surface area contributed by atoms with E-state index in [4.69, 9.17) is 10.5 Å². The molecule has 2 heteroatoms. The number of hydrogen-bond acceptors (Lipinski definition) is 2. The van der Waals surface area contributed by atoms with Crippen molar-refractivity contribution in [2.24, 2.45) is 11.7 Å². The summed E-state index contributed by atoms with van der Waals surface area (Å²) in [4.78, 5) is 0. The summed E-state index contributed by atoms with van der Waals surface area (Å²) in [5, 5.41) is 0. The summed E-state index contributed by atoms with van der Waals surface area (Å²) in [6, 6.07) is 8.56. The lowest BCUT2D eigenvalue weighted by molar-refractivity contribution is 0.276. The Morgan fingerprint density at radius 3 is 2.29 bits per heavy atom. The smallest absolute Gasteiger partial charge is 0.119 e. The predicted molar refractivity (Wildman–Crippen MR) is 71.3 cm³/mol. The standard InChI is InChI=1S/C15H23NO/c1-15(2,3)12-6-8-13(9-7-12)17-10-14(16)11-4-5-11/h6-9,11,14H,4-5,10,16H2,1-3H3/t14-/m1/s1. The average molecular weight is 233 g/mol. The lowest BCUT2D eigenvalue weighted by atomic mass is 9.87. The first-order valence-corrected chi connectivity index (χ1v) is 6.46. The van der Waals surface area contributed by atoms with Crippen molar-refractivity contribution in [2.45, 2.75) is 45.1 Å². The topological polar surface area (TPSA) is 35.2 Å². The van der Waals surface area contributed by atoms with E-state index < -0.39 is 0 Å². The van der Waals surface area contributed by atoms with Crippen LogP contribution in [0.4, 0.5) is 0 Å². The first kappa shape index (κ1) is 12.4. The van der Waals surface area contributed by atoms with Crippen LogP contribution in [0.15, 0.2) is 24.3 Å². The SMILES string of the molecule is CC(C)(C)c1ccc(OC[C@@H](N)C2CC2)cc1.